The van der Waals surface area contributed by atoms with Crippen molar-refractivity contribution in [3.8, 4) is 0 Å². The second kappa shape index (κ2) is 4.83. The number of rotatable bonds is 2. The molecule has 2 saturated heterocycles. The van der Waals surface area contributed by atoms with Gasteiger partial charge in [-0.25, -0.2) is 0 Å². The molecule has 114 valence electrons. The van der Waals surface area contributed by atoms with E-state index >= 15 is 0 Å². The summed E-state index contributed by atoms with van der Waals surface area (Å²) in [5.74, 6) is 0.589. The second-order valence-electron chi connectivity index (χ2n) is 7.21. The molecule has 5 heteroatoms. The van der Waals surface area contributed by atoms with Gasteiger partial charge in [0.05, 0.1) is 5.69 Å². The minimum atomic E-state index is 0.131. The number of piperidine rings is 1. The highest BCUT2D eigenvalue weighted by Crippen LogP contribution is 2.42. The molecule has 1 aromatic rings. The number of carbonyl (C=O) groups is 1. The Morgan fingerprint density at radius 3 is 2.90 bits per heavy atom. The van der Waals surface area contributed by atoms with Crippen molar-refractivity contribution in [1.82, 2.24) is 15.0 Å². The average Bonchev–Trinajstić information content (AvgIpc) is 3.11. The topological polar surface area (TPSA) is 49.6 Å². The van der Waals surface area contributed by atoms with Crippen LogP contribution in [-0.2, 0) is 0 Å². The highest BCUT2D eigenvalue weighted by Gasteiger charge is 2.42. The molecule has 4 rings (SSSR count). The zero-order valence-electron chi connectivity index (χ0n) is 12.7. The Balaban J connectivity index is 1.52. The summed E-state index contributed by atoms with van der Waals surface area (Å²) in [4.78, 5) is 17.3. The molecule has 1 atom stereocenters. The number of carbonyl (C=O) groups excluding carboxylic acids is 1. The van der Waals surface area contributed by atoms with Crippen LogP contribution in [0, 0.1) is 5.41 Å². The van der Waals surface area contributed by atoms with E-state index in [9.17, 15) is 4.79 Å². The lowest BCUT2D eigenvalue weighted by molar-refractivity contribution is 0.0533. The monoisotopic (exact) mass is 289 g/mol. The van der Waals surface area contributed by atoms with Crippen LogP contribution >= 0.6 is 0 Å². The Labute approximate surface area is 125 Å². The fourth-order valence-corrected chi connectivity index (χ4v) is 4.10. The maximum Gasteiger partial charge on any atom is 0.259 e. The molecule has 21 heavy (non-hydrogen) atoms. The van der Waals surface area contributed by atoms with Crippen molar-refractivity contribution in [1.29, 1.82) is 0 Å². The molecular weight excluding hydrogens is 266 g/mol. The van der Waals surface area contributed by atoms with Gasteiger partial charge >= 0.3 is 0 Å². The summed E-state index contributed by atoms with van der Waals surface area (Å²) in [6, 6.07) is 0. The van der Waals surface area contributed by atoms with E-state index in [4.69, 9.17) is 4.52 Å². The quantitative estimate of drug-likeness (QED) is 0.836. The Kier molecular flexibility index (Phi) is 3.06. The zero-order valence-corrected chi connectivity index (χ0v) is 12.7. The van der Waals surface area contributed by atoms with Crippen molar-refractivity contribution in [2.75, 3.05) is 33.2 Å². The first-order chi connectivity index (χ1) is 10.2. The molecule has 2 aliphatic heterocycles. The van der Waals surface area contributed by atoms with Gasteiger partial charge in [-0.15, -0.1) is 0 Å². The van der Waals surface area contributed by atoms with Gasteiger partial charge in [-0.3, -0.25) is 4.79 Å². The molecule has 0 radical (unpaired) electrons. The third kappa shape index (κ3) is 2.37. The highest BCUT2D eigenvalue weighted by atomic mass is 16.5. The molecule has 0 aromatic carbocycles. The summed E-state index contributed by atoms with van der Waals surface area (Å²) in [5, 5.41) is 4.06. The van der Waals surface area contributed by atoms with Crippen LogP contribution in [0.15, 0.2) is 10.8 Å². The molecule has 5 nitrogen and oxygen atoms in total. The van der Waals surface area contributed by atoms with Crippen LogP contribution in [-0.4, -0.2) is 54.1 Å². The Morgan fingerprint density at radius 2 is 2.19 bits per heavy atom. The van der Waals surface area contributed by atoms with Crippen molar-refractivity contribution in [2.24, 2.45) is 5.41 Å². The molecule has 1 amide bonds. The van der Waals surface area contributed by atoms with Crippen molar-refractivity contribution in [3.63, 3.8) is 0 Å². The predicted octanol–water partition coefficient (Wildman–Crippen LogP) is 2.11. The van der Waals surface area contributed by atoms with Crippen LogP contribution in [0.5, 0.6) is 0 Å². The van der Waals surface area contributed by atoms with Gasteiger partial charge < -0.3 is 14.3 Å². The smallest absolute Gasteiger partial charge is 0.259 e. The fraction of sp³-hybridized carbons (Fsp3) is 0.750. The summed E-state index contributed by atoms with van der Waals surface area (Å²) in [7, 11) is 2.18. The van der Waals surface area contributed by atoms with Gasteiger partial charge in [-0.05, 0) is 45.7 Å². The normalized spacial score (nSPS) is 30.2. The van der Waals surface area contributed by atoms with Crippen molar-refractivity contribution in [3.05, 3.63) is 17.5 Å². The number of aromatic nitrogens is 1. The van der Waals surface area contributed by atoms with E-state index in [0.717, 1.165) is 51.1 Å². The van der Waals surface area contributed by atoms with Crippen LogP contribution in [0.3, 0.4) is 0 Å². The van der Waals surface area contributed by atoms with Crippen molar-refractivity contribution in [2.45, 2.75) is 38.0 Å². The van der Waals surface area contributed by atoms with Crippen LogP contribution in [0.25, 0.3) is 0 Å². The second-order valence-corrected chi connectivity index (χ2v) is 7.21. The Hall–Kier alpha value is -1.36. The molecule has 3 fully saturated rings. The molecule has 0 bridgehead atoms. The maximum atomic E-state index is 12.8. The highest BCUT2D eigenvalue weighted by molar-refractivity contribution is 5.95. The number of hydrogen-bond donors (Lipinski definition) is 0. The van der Waals surface area contributed by atoms with Gasteiger partial charge in [0, 0.05) is 31.0 Å². The minimum Gasteiger partial charge on any atom is -0.364 e. The van der Waals surface area contributed by atoms with E-state index in [1.165, 1.54) is 12.8 Å². The van der Waals surface area contributed by atoms with Gasteiger partial charge in [0.1, 0.15) is 11.8 Å². The first-order valence-corrected chi connectivity index (χ1v) is 8.09. The summed E-state index contributed by atoms with van der Waals surface area (Å²) in [6.07, 6.45) is 7.41. The van der Waals surface area contributed by atoms with E-state index in [2.05, 4.69) is 17.1 Å². The van der Waals surface area contributed by atoms with Gasteiger partial charge in [0.2, 0.25) is 0 Å². The van der Waals surface area contributed by atoms with Crippen molar-refractivity contribution < 1.29 is 9.32 Å². The van der Waals surface area contributed by atoms with E-state index in [1.54, 1.807) is 6.26 Å². The Bertz CT molecular complexity index is 547. The summed E-state index contributed by atoms with van der Waals surface area (Å²) in [6.45, 7) is 4.05. The minimum absolute atomic E-state index is 0.131. The lowest BCUT2D eigenvalue weighted by Gasteiger charge is -2.40. The number of amides is 1. The lowest BCUT2D eigenvalue weighted by Crippen LogP contribution is -2.47. The summed E-state index contributed by atoms with van der Waals surface area (Å²) >= 11 is 0. The maximum absolute atomic E-state index is 12.8. The first kappa shape index (κ1) is 13.3. The zero-order chi connectivity index (χ0) is 14.4. The van der Waals surface area contributed by atoms with Gasteiger partial charge in [0.25, 0.3) is 5.91 Å². The molecule has 1 aliphatic carbocycles. The van der Waals surface area contributed by atoms with E-state index in [1.807, 2.05) is 4.90 Å². The fourth-order valence-electron chi connectivity index (χ4n) is 4.10. The van der Waals surface area contributed by atoms with E-state index in [0.29, 0.717) is 16.9 Å². The molecule has 1 spiro atoms. The SMILES string of the molecule is CN1CCC2(CCCN(C(=O)c3conc3C3CC3)C2)C1. The largest absolute Gasteiger partial charge is 0.364 e. The third-order valence-electron chi connectivity index (χ3n) is 5.37. The molecule has 0 N–H and O–H groups in total. The summed E-state index contributed by atoms with van der Waals surface area (Å²) in [5.41, 5.74) is 1.92. The molecule has 3 heterocycles. The van der Waals surface area contributed by atoms with Gasteiger partial charge in [0.15, 0.2) is 0 Å². The third-order valence-corrected chi connectivity index (χ3v) is 5.37. The van der Waals surface area contributed by atoms with Crippen LogP contribution in [0.4, 0.5) is 0 Å². The van der Waals surface area contributed by atoms with Crippen LogP contribution < -0.4 is 0 Å². The molecule has 3 aliphatic rings. The number of hydrogen-bond acceptors (Lipinski definition) is 4. The van der Waals surface area contributed by atoms with Crippen LogP contribution in [0.2, 0.25) is 0 Å². The van der Waals surface area contributed by atoms with E-state index in [-0.39, 0.29) is 5.91 Å². The lowest BCUT2D eigenvalue weighted by atomic mass is 9.79. The molecular formula is C16H23N3O2. The predicted molar refractivity (Wildman–Crippen MR) is 78.2 cm³/mol. The number of nitrogens with zero attached hydrogens (tertiary/aromatic N) is 3. The summed E-state index contributed by atoms with van der Waals surface area (Å²) < 4.78 is 5.09. The molecule has 1 saturated carbocycles. The standard InChI is InChI=1S/C16H23N3O2/c1-18-8-6-16(10-18)5-2-7-19(11-16)15(20)13-9-21-17-14(13)12-3-4-12/h9,12H,2-8,10-11H2,1H3. The molecule has 1 unspecified atom stereocenters. The first-order valence-electron chi connectivity index (χ1n) is 8.09. The van der Waals surface area contributed by atoms with Crippen LogP contribution in [0.1, 0.15) is 54.1 Å². The number of likely N-dealkylation sites (tertiary alicyclic amines) is 2. The molecule has 1 aromatic heterocycles. The van der Waals surface area contributed by atoms with Gasteiger partial charge in [-0.2, -0.15) is 0 Å². The van der Waals surface area contributed by atoms with Crippen molar-refractivity contribution >= 4 is 5.91 Å². The van der Waals surface area contributed by atoms with E-state index < -0.39 is 0 Å². The Morgan fingerprint density at radius 1 is 1.33 bits per heavy atom. The van der Waals surface area contributed by atoms with Gasteiger partial charge in [-0.1, -0.05) is 5.16 Å². The average molecular weight is 289 g/mol.